The number of nitrogens with zero attached hydrogens (tertiary/aromatic N) is 2. The summed E-state index contributed by atoms with van der Waals surface area (Å²) in [5.74, 6) is 0. The number of pyridine rings is 1. The van der Waals surface area contributed by atoms with Gasteiger partial charge in [0.15, 0.2) is 4.90 Å². The van der Waals surface area contributed by atoms with Crippen LogP contribution >= 0.6 is 23.2 Å². The Morgan fingerprint density at radius 3 is 2.55 bits per heavy atom. The molecule has 4 aromatic rings. The molecule has 0 aliphatic heterocycles. The lowest BCUT2D eigenvalue weighted by Gasteiger charge is -2.08. The largest absolute Gasteiger partial charge is 0.355 e. The third-order valence-electron chi connectivity index (χ3n) is 4.45. The number of hydrogen-bond acceptors (Lipinski definition) is 4. The minimum atomic E-state index is -1.84. The van der Waals surface area contributed by atoms with Crippen LogP contribution < -0.4 is 10.6 Å². The summed E-state index contributed by atoms with van der Waals surface area (Å²) in [6.45, 7) is 0.677. The zero-order valence-corrected chi connectivity index (χ0v) is 18.0. The molecule has 0 bridgehead atoms. The quantitative estimate of drug-likeness (QED) is 0.311. The van der Waals surface area contributed by atoms with Gasteiger partial charge in [0.05, 0.1) is 17.9 Å². The molecule has 0 aliphatic rings. The van der Waals surface area contributed by atoms with Crippen LogP contribution in [0.25, 0.3) is 10.9 Å². The molecule has 0 spiro atoms. The molecule has 0 fully saturated rings. The molecule has 1 atom stereocenters. The molecule has 0 saturated carbocycles. The van der Waals surface area contributed by atoms with Gasteiger partial charge in [-0.25, -0.2) is 0 Å². The lowest BCUT2D eigenvalue weighted by atomic mass is 10.1. The van der Waals surface area contributed by atoms with Gasteiger partial charge in [0, 0.05) is 39.5 Å². The lowest BCUT2D eigenvalue weighted by molar-refractivity contribution is 0.591. The van der Waals surface area contributed by atoms with Gasteiger partial charge in [-0.05, 0) is 55.1 Å². The molecule has 0 aliphatic carbocycles. The summed E-state index contributed by atoms with van der Waals surface area (Å²) in [6, 6.07) is 14.9. The highest BCUT2D eigenvalue weighted by atomic mass is 35.5. The predicted octanol–water partition coefficient (Wildman–Crippen LogP) is 5.32. The van der Waals surface area contributed by atoms with Crippen molar-refractivity contribution >= 4 is 56.5 Å². The average Bonchev–Trinajstić information content (AvgIpc) is 3.05. The van der Waals surface area contributed by atoms with Gasteiger partial charge in [-0.1, -0.05) is 33.5 Å². The second-order valence-electron chi connectivity index (χ2n) is 6.53. The van der Waals surface area contributed by atoms with Crippen LogP contribution in [0.4, 0.5) is 11.4 Å². The maximum Gasteiger partial charge on any atom is 0.205 e. The van der Waals surface area contributed by atoms with Crippen molar-refractivity contribution in [1.82, 2.24) is 14.3 Å². The molecule has 2 N–H and O–H groups in total. The standard InChI is InChI=1S/C21H18Cl2N4OS/c1-24-11-14-13-27(29(28)19-3-2-6-25-12-19)21-10-17(4-5-20(14)21)26-18-8-15(22)7-16(23)9-18/h2-10,12-13,24,26H,11H2,1H3/p+1. The first-order valence-corrected chi connectivity index (χ1v) is 10.9. The first-order chi connectivity index (χ1) is 14.0. The van der Waals surface area contributed by atoms with Gasteiger partial charge >= 0.3 is 0 Å². The summed E-state index contributed by atoms with van der Waals surface area (Å²) in [7, 11) is 0.0560. The first-order valence-electron chi connectivity index (χ1n) is 8.94. The Bertz CT molecular complexity index is 1170. The zero-order chi connectivity index (χ0) is 20.4. The van der Waals surface area contributed by atoms with Gasteiger partial charge in [-0.2, -0.15) is 3.97 Å². The Hall–Kier alpha value is -2.38. The van der Waals surface area contributed by atoms with E-state index in [1.54, 1.807) is 36.7 Å². The highest BCUT2D eigenvalue weighted by Gasteiger charge is 2.19. The molecule has 5 nitrogen and oxygen atoms in total. The monoisotopic (exact) mass is 445 g/mol. The summed E-state index contributed by atoms with van der Waals surface area (Å²) in [5.41, 5.74) is 3.58. The van der Waals surface area contributed by atoms with E-state index < -0.39 is 11.0 Å². The molecule has 1 unspecified atom stereocenters. The third kappa shape index (κ3) is 4.31. The maximum absolute atomic E-state index is 13.2. The number of thiol groups is 1. The summed E-state index contributed by atoms with van der Waals surface area (Å²) in [4.78, 5) is 4.77. The van der Waals surface area contributed by atoms with E-state index in [9.17, 15) is 4.21 Å². The van der Waals surface area contributed by atoms with E-state index in [4.69, 9.17) is 23.2 Å². The molecule has 2 aromatic heterocycles. The number of nitrogens with one attached hydrogen (secondary N) is 2. The van der Waals surface area contributed by atoms with E-state index in [2.05, 4.69) is 15.6 Å². The summed E-state index contributed by atoms with van der Waals surface area (Å²) in [6.07, 6.45) is 5.25. The summed E-state index contributed by atoms with van der Waals surface area (Å²) >= 11 is 12.2. The van der Waals surface area contributed by atoms with E-state index in [1.165, 1.54) is 0 Å². The predicted molar refractivity (Wildman–Crippen MR) is 122 cm³/mol. The number of aromatic nitrogens is 2. The van der Waals surface area contributed by atoms with E-state index in [-0.39, 0.29) is 0 Å². The van der Waals surface area contributed by atoms with Gasteiger partial charge in [-0.3, -0.25) is 4.98 Å². The Morgan fingerprint density at radius 1 is 1.07 bits per heavy atom. The fraction of sp³-hybridized carbons (Fsp3) is 0.0952. The van der Waals surface area contributed by atoms with E-state index in [1.807, 2.05) is 41.5 Å². The Balaban J connectivity index is 1.78. The topological polar surface area (TPSA) is 59.0 Å². The molecule has 29 heavy (non-hydrogen) atoms. The summed E-state index contributed by atoms with van der Waals surface area (Å²) in [5, 5.41) is 8.64. The molecule has 0 radical (unpaired) electrons. The lowest BCUT2D eigenvalue weighted by Crippen LogP contribution is -2.05. The molecule has 4 rings (SSSR count). The molecular formula is C21H19Cl2N4OS+. The molecule has 0 saturated heterocycles. The smallest absolute Gasteiger partial charge is 0.205 e. The zero-order valence-electron chi connectivity index (χ0n) is 15.6. The number of benzene rings is 2. The van der Waals surface area contributed by atoms with Crippen LogP contribution in [0, 0.1) is 0 Å². The van der Waals surface area contributed by atoms with Crippen LogP contribution in [-0.2, 0) is 21.7 Å². The number of anilines is 2. The normalized spacial score (nSPS) is 12.2. The van der Waals surface area contributed by atoms with E-state index >= 15 is 0 Å². The van der Waals surface area contributed by atoms with Crippen LogP contribution in [0.3, 0.4) is 0 Å². The van der Waals surface area contributed by atoms with Crippen molar-refractivity contribution in [2.45, 2.75) is 11.4 Å². The van der Waals surface area contributed by atoms with E-state index in [0.717, 1.165) is 27.8 Å². The minimum absolute atomic E-state index is 0.556. The second-order valence-corrected chi connectivity index (χ2v) is 8.89. The molecule has 148 valence electrons. The van der Waals surface area contributed by atoms with Gasteiger partial charge in [-0.15, -0.1) is 0 Å². The minimum Gasteiger partial charge on any atom is -0.355 e. The van der Waals surface area contributed by atoms with Crippen molar-refractivity contribution in [3.63, 3.8) is 0 Å². The molecule has 8 heteroatoms. The molecule has 2 aromatic carbocycles. The van der Waals surface area contributed by atoms with Crippen LogP contribution in [0.2, 0.25) is 10.0 Å². The van der Waals surface area contributed by atoms with Gasteiger partial charge in [0.2, 0.25) is 11.0 Å². The van der Waals surface area contributed by atoms with Crippen molar-refractivity contribution in [3.8, 4) is 0 Å². The van der Waals surface area contributed by atoms with Crippen molar-refractivity contribution in [1.29, 1.82) is 0 Å². The number of halogens is 2. The highest BCUT2D eigenvalue weighted by Crippen LogP contribution is 2.30. The van der Waals surface area contributed by atoms with Gasteiger partial charge < -0.3 is 10.6 Å². The maximum atomic E-state index is 13.2. The van der Waals surface area contributed by atoms with E-state index in [0.29, 0.717) is 21.5 Å². The molecular weight excluding hydrogens is 427 g/mol. The highest BCUT2D eigenvalue weighted by molar-refractivity contribution is 7.83. The van der Waals surface area contributed by atoms with Crippen molar-refractivity contribution in [3.05, 3.63) is 82.7 Å². The average molecular weight is 446 g/mol. The van der Waals surface area contributed by atoms with Crippen molar-refractivity contribution in [2.24, 2.45) is 0 Å². The van der Waals surface area contributed by atoms with Gasteiger partial charge in [0.1, 0.15) is 0 Å². The summed E-state index contributed by atoms with van der Waals surface area (Å²) < 4.78 is 15.0. The molecule has 2 heterocycles. The Morgan fingerprint density at radius 2 is 1.86 bits per heavy atom. The fourth-order valence-electron chi connectivity index (χ4n) is 3.22. The van der Waals surface area contributed by atoms with Crippen molar-refractivity contribution in [2.75, 3.05) is 12.4 Å². The van der Waals surface area contributed by atoms with Crippen LogP contribution in [0.5, 0.6) is 0 Å². The van der Waals surface area contributed by atoms with Crippen molar-refractivity contribution < 1.29 is 4.21 Å². The second kappa shape index (κ2) is 8.55. The number of rotatable bonds is 6. The SMILES string of the molecule is CNCc1cn([SH+](=O)c2cccnc2)c2cc(Nc3cc(Cl)cc(Cl)c3)ccc12. The third-order valence-corrected chi connectivity index (χ3v) is 6.31. The Labute approximate surface area is 181 Å². The fourth-order valence-corrected chi connectivity index (χ4v) is 4.98. The Kier molecular flexibility index (Phi) is 5.87. The first kappa shape index (κ1) is 19.9. The van der Waals surface area contributed by atoms with Gasteiger partial charge in [0.25, 0.3) is 0 Å². The van der Waals surface area contributed by atoms with Crippen LogP contribution in [-0.4, -0.2) is 16.0 Å². The molecule has 0 amide bonds. The number of hydrogen-bond donors (Lipinski definition) is 2. The number of fused-ring (bicyclic) bond motifs is 1. The van der Waals surface area contributed by atoms with Crippen LogP contribution in [0.1, 0.15) is 5.56 Å². The van der Waals surface area contributed by atoms with Crippen LogP contribution in [0.15, 0.2) is 72.0 Å².